The van der Waals surface area contributed by atoms with Gasteiger partial charge in [0.1, 0.15) is 5.04 Å². The van der Waals surface area contributed by atoms with Crippen LogP contribution in [0.15, 0.2) is 58.7 Å². The van der Waals surface area contributed by atoms with Gasteiger partial charge in [0, 0.05) is 37.0 Å². The monoisotopic (exact) mass is 495 g/mol. The molecule has 172 valence electrons. The summed E-state index contributed by atoms with van der Waals surface area (Å²) in [5.74, 6) is 0. The molecule has 4 rings (SSSR count). The summed E-state index contributed by atoms with van der Waals surface area (Å²) in [5.41, 5.74) is 2.17. The number of halogens is 1. The lowest BCUT2D eigenvalue weighted by atomic mass is 10.2. The largest absolute Gasteiger partial charge is 0.395 e. The van der Waals surface area contributed by atoms with Crippen LogP contribution in [-0.4, -0.2) is 79.0 Å². The van der Waals surface area contributed by atoms with E-state index in [2.05, 4.69) is 19.9 Å². The first-order chi connectivity index (χ1) is 14.9. The van der Waals surface area contributed by atoms with Gasteiger partial charge >= 0.3 is 0 Å². The van der Waals surface area contributed by atoms with Gasteiger partial charge < -0.3 is 15.0 Å². The van der Waals surface area contributed by atoms with Crippen LogP contribution in [0.3, 0.4) is 0 Å². The molecule has 1 aromatic carbocycles. The first-order valence-electron chi connectivity index (χ1n) is 9.92. The average molecular weight is 496 g/mol. The molecule has 1 aliphatic heterocycles. The Morgan fingerprint density at radius 3 is 2.75 bits per heavy atom. The number of anilines is 1. The van der Waals surface area contributed by atoms with Gasteiger partial charge in [0.2, 0.25) is 0 Å². The molecule has 2 N–H and O–H groups in total. The van der Waals surface area contributed by atoms with Crippen LogP contribution >= 0.6 is 24.2 Å². The molecule has 0 fully saturated rings. The zero-order valence-corrected chi connectivity index (χ0v) is 20.3. The molecule has 0 spiro atoms. The fraction of sp³-hybridized carbons (Fsp3) is 0.333. The lowest BCUT2D eigenvalue weighted by molar-refractivity contribution is 0.222. The van der Waals surface area contributed by atoms with E-state index < -0.39 is 10.0 Å². The van der Waals surface area contributed by atoms with Gasteiger partial charge in [-0.25, -0.2) is 4.98 Å². The molecular formula is C21H26ClN5O3S2. The molecule has 3 aromatic rings. The summed E-state index contributed by atoms with van der Waals surface area (Å²) >= 11 is 1.70. The molecule has 32 heavy (non-hydrogen) atoms. The van der Waals surface area contributed by atoms with Crippen LogP contribution in [0, 0.1) is 0 Å². The van der Waals surface area contributed by atoms with Gasteiger partial charge in [-0.1, -0.05) is 30.0 Å². The highest BCUT2D eigenvalue weighted by molar-refractivity contribution is 8.15. The Hall–Kier alpha value is -2.11. The number of aliphatic imine (C=N–C) groups is 1. The molecule has 11 heteroatoms. The van der Waals surface area contributed by atoms with Crippen molar-refractivity contribution in [1.29, 1.82) is 0 Å². The number of para-hydroxylation sites is 1. The van der Waals surface area contributed by atoms with Crippen LogP contribution in [0.5, 0.6) is 0 Å². The molecule has 0 aliphatic carbocycles. The number of aromatic amines is 1. The van der Waals surface area contributed by atoms with Gasteiger partial charge in [0.25, 0.3) is 10.0 Å². The first-order valence-corrected chi connectivity index (χ1v) is 12.2. The minimum absolute atomic E-state index is 0. The highest BCUT2D eigenvalue weighted by Crippen LogP contribution is 2.32. The maximum atomic E-state index is 13.0. The van der Waals surface area contributed by atoms with Crippen molar-refractivity contribution in [2.75, 3.05) is 44.6 Å². The molecule has 0 radical (unpaired) electrons. The number of aromatic nitrogens is 2. The normalized spacial score (nSPS) is 16.2. The lowest BCUT2D eigenvalue weighted by Gasteiger charge is -2.19. The highest BCUT2D eigenvalue weighted by Gasteiger charge is 2.26. The third-order valence-corrected chi connectivity index (χ3v) is 8.07. The maximum Gasteiger partial charge on any atom is 0.281 e. The Morgan fingerprint density at radius 2 is 2.03 bits per heavy atom. The van der Waals surface area contributed by atoms with Gasteiger partial charge in [-0.2, -0.15) is 8.42 Å². The van der Waals surface area contributed by atoms with Gasteiger partial charge in [-0.3, -0.25) is 9.30 Å². The van der Waals surface area contributed by atoms with Crippen molar-refractivity contribution in [2.45, 2.75) is 10.3 Å². The zero-order valence-electron chi connectivity index (χ0n) is 17.8. The number of hydrogen-bond acceptors (Lipinski definition) is 7. The predicted molar refractivity (Wildman–Crippen MR) is 133 cm³/mol. The molecule has 8 nitrogen and oxygen atoms in total. The fourth-order valence-electron chi connectivity index (χ4n) is 3.56. The molecule has 0 saturated heterocycles. The van der Waals surface area contributed by atoms with Crippen molar-refractivity contribution in [1.82, 2.24) is 14.9 Å². The van der Waals surface area contributed by atoms with Crippen LogP contribution in [0.2, 0.25) is 0 Å². The van der Waals surface area contributed by atoms with Crippen LogP contribution < -0.4 is 4.31 Å². The van der Waals surface area contributed by atoms with Crippen molar-refractivity contribution in [3.8, 4) is 0 Å². The van der Waals surface area contributed by atoms with Crippen molar-refractivity contribution in [3.63, 3.8) is 0 Å². The highest BCUT2D eigenvalue weighted by atomic mass is 35.5. The molecule has 0 bridgehead atoms. The van der Waals surface area contributed by atoms with E-state index in [1.54, 1.807) is 30.0 Å². The summed E-state index contributed by atoms with van der Waals surface area (Å²) in [6.07, 6.45) is 1.47. The second-order valence-electron chi connectivity index (χ2n) is 7.44. The second-order valence-corrected chi connectivity index (χ2v) is 10.6. The van der Waals surface area contributed by atoms with E-state index >= 15 is 0 Å². The predicted octanol–water partition coefficient (Wildman–Crippen LogP) is 2.60. The SMILES string of the molecule is CN(CCO)CC1CN=C(c2cc3cccc(N(C)S(=O)(=O)c4ccccn4)c3[nH]2)S1.Cl. The molecule has 3 heterocycles. The van der Waals surface area contributed by atoms with E-state index in [1.807, 2.05) is 25.2 Å². The molecule has 1 unspecified atom stereocenters. The minimum atomic E-state index is -3.78. The molecule has 2 aromatic heterocycles. The average Bonchev–Trinajstić information content (AvgIpc) is 3.40. The number of rotatable bonds is 8. The summed E-state index contributed by atoms with van der Waals surface area (Å²) in [7, 11) is -0.256. The number of benzene rings is 1. The molecule has 1 aliphatic rings. The first kappa shape index (κ1) is 24.5. The number of thioether (sulfide) groups is 1. The Bertz CT molecular complexity index is 1200. The number of fused-ring (bicyclic) bond motifs is 1. The smallest absolute Gasteiger partial charge is 0.281 e. The van der Waals surface area contributed by atoms with E-state index in [0.29, 0.717) is 24.0 Å². The summed E-state index contributed by atoms with van der Waals surface area (Å²) in [5, 5.41) is 11.3. The fourth-order valence-corrected chi connectivity index (χ4v) is 5.87. The second kappa shape index (κ2) is 10.2. The van der Waals surface area contributed by atoms with Crippen molar-refractivity contribution in [2.24, 2.45) is 4.99 Å². The van der Waals surface area contributed by atoms with Crippen molar-refractivity contribution < 1.29 is 13.5 Å². The number of hydrogen-bond donors (Lipinski definition) is 2. The number of nitrogens with zero attached hydrogens (tertiary/aromatic N) is 4. The maximum absolute atomic E-state index is 13.0. The van der Waals surface area contributed by atoms with Crippen LogP contribution in [-0.2, 0) is 10.0 Å². The molecule has 0 amide bonds. The quantitative estimate of drug-likeness (QED) is 0.498. The van der Waals surface area contributed by atoms with Crippen molar-refractivity contribution in [3.05, 3.63) is 54.4 Å². The zero-order chi connectivity index (χ0) is 22.0. The lowest BCUT2D eigenvalue weighted by Crippen LogP contribution is -2.30. The summed E-state index contributed by atoms with van der Waals surface area (Å²) in [6, 6.07) is 12.4. The third kappa shape index (κ3) is 4.94. The number of likely N-dealkylation sites (N-methyl/N-ethyl adjacent to an activating group) is 1. The van der Waals surface area contributed by atoms with Crippen molar-refractivity contribution >= 4 is 55.8 Å². The molecular weight excluding hydrogens is 470 g/mol. The Labute approximate surface area is 198 Å². The number of aliphatic hydroxyl groups is 1. The van der Waals surface area contributed by atoms with E-state index in [-0.39, 0.29) is 24.0 Å². The Morgan fingerprint density at radius 1 is 1.22 bits per heavy atom. The van der Waals surface area contributed by atoms with Crippen LogP contribution in [0.25, 0.3) is 10.9 Å². The number of nitrogens with one attached hydrogen (secondary N) is 1. The van der Waals surface area contributed by atoms with Crippen LogP contribution in [0.1, 0.15) is 5.69 Å². The number of aliphatic hydroxyl groups excluding tert-OH is 1. The summed E-state index contributed by atoms with van der Waals surface area (Å²) in [6.45, 7) is 2.33. The minimum Gasteiger partial charge on any atom is -0.395 e. The summed E-state index contributed by atoms with van der Waals surface area (Å²) < 4.78 is 27.3. The van der Waals surface area contributed by atoms with E-state index in [0.717, 1.165) is 28.2 Å². The number of pyridine rings is 1. The molecule has 1 atom stereocenters. The van der Waals surface area contributed by atoms with E-state index in [1.165, 1.54) is 23.6 Å². The molecule has 0 saturated carbocycles. The number of sulfonamides is 1. The summed E-state index contributed by atoms with van der Waals surface area (Å²) in [4.78, 5) is 14.2. The third-order valence-electron chi connectivity index (χ3n) is 5.18. The van der Waals surface area contributed by atoms with Crippen LogP contribution in [0.4, 0.5) is 5.69 Å². The van der Waals surface area contributed by atoms with Gasteiger partial charge in [0.05, 0.1) is 30.0 Å². The topological polar surface area (TPSA) is 102 Å². The van der Waals surface area contributed by atoms with E-state index in [9.17, 15) is 8.42 Å². The number of H-pyrrole nitrogens is 1. The Balaban J connectivity index is 0.00000289. The van der Waals surface area contributed by atoms with E-state index in [4.69, 9.17) is 5.11 Å². The van der Waals surface area contributed by atoms with Gasteiger partial charge in [-0.05, 0) is 31.3 Å². The Kier molecular flexibility index (Phi) is 7.84. The van der Waals surface area contributed by atoms with Gasteiger partial charge in [0.15, 0.2) is 5.03 Å². The van der Waals surface area contributed by atoms with Gasteiger partial charge in [-0.15, -0.1) is 12.4 Å². The standard InChI is InChI=1S/C21H25N5O3S2.ClH/c1-25(10-11-27)14-16-13-23-21(30-16)17-12-15-6-5-7-18(20(15)24-17)26(2)31(28,29)19-8-3-4-9-22-19;/h3-9,12,16,24,27H,10-11,13-14H2,1-2H3;1H.